The number of carbonyl (C=O) groups is 2. The van der Waals surface area contributed by atoms with Crippen LogP contribution in [0, 0.1) is 27.7 Å². The van der Waals surface area contributed by atoms with Gasteiger partial charge in [0.1, 0.15) is 22.2 Å². The molecule has 0 aromatic carbocycles. The van der Waals surface area contributed by atoms with Crippen molar-refractivity contribution in [3.8, 4) is 22.5 Å². The molecule has 15 heteroatoms. The second kappa shape index (κ2) is 20.0. The van der Waals surface area contributed by atoms with E-state index < -0.39 is 5.60 Å². The van der Waals surface area contributed by atoms with Gasteiger partial charge in [-0.05, 0) is 104 Å². The number of nitrogens with zero attached hydrogens (tertiary/aromatic N) is 7. The van der Waals surface area contributed by atoms with Gasteiger partial charge in [-0.1, -0.05) is 46.9 Å². The molecule has 0 saturated carbocycles. The molecular formula is C42H55Cl3N8O4. The number of piperazine rings is 2. The normalized spacial score (nSPS) is 14.5. The molecule has 2 saturated heterocycles. The highest BCUT2D eigenvalue weighted by molar-refractivity contribution is 6.34. The molecule has 2 amide bonds. The van der Waals surface area contributed by atoms with E-state index in [2.05, 4.69) is 42.3 Å². The van der Waals surface area contributed by atoms with E-state index in [-0.39, 0.29) is 17.8 Å². The molecule has 0 unspecified atom stereocenters. The maximum absolute atomic E-state index is 12.2. The molecule has 0 aliphatic carbocycles. The third-order valence-corrected chi connectivity index (χ3v) is 9.44. The van der Waals surface area contributed by atoms with Crippen LogP contribution in [0.3, 0.4) is 0 Å². The van der Waals surface area contributed by atoms with Gasteiger partial charge in [0.15, 0.2) is 0 Å². The molecule has 6 rings (SSSR count). The second-order valence-electron chi connectivity index (χ2n) is 16.0. The van der Waals surface area contributed by atoms with Crippen LogP contribution in [0.2, 0.25) is 15.2 Å². The van der Waals surface area contributed by atoms with E-state index in [1.807, 2.05) is 87.7 Å². The Kier molecular flexibility index (Phi) is 15.9. The van der Waals surface area contributed by atoms with Gasteiger partial charge in [-0.15, -0.1) is 0 Å². The fourth-order valence-electron chi connectivity index (χ4n) is 5.99. The first-order valence-corrected chi connectivity index (χ1v) is 20.1. The van der Waals surface area contributed by atoms with E-state index in [1.54, 1.807) is 28.3 Å². The predicted octanol–water partition coefficient (Wildman–Crippen LogP) is 9.36. The Balaban J connectivity index is 0.000000209. The highest BCUT2D eigenvalue weighted by Gasteiger charge is 2.27. The lowest BCUT2D eigenvalue weighted by atomic mass is 10.1. The summed E-state index contributed by atoms with van der Waals surface area (Å²) in [6.45, 7) is 25.1. The lowest BCUT2D eigenvalue weighted by Crippen LogP contribution is -2.50. The number of carbonyl (C=O) groups excluding carboxylic acids is 2. The van der Waals surface area contributed by atoms with Gasteiger partial charge < -0.3 is 29.5 Å². The first-order valence-electron chi connectivity index (χ1n) is 19.0. The van der Waals surface area contributed by atoms with Crippen molar-refractivity contribution >= 4 is 52.8 Å². The molecule has 0 radical (unpaired) electrons. The summed E-state index contributed by atoms with van der Waals surface area (Å²) in [6.07, 6.45) is 6.41. The predicted molar refractivity (Wildman–Crippen MR) is 230 cm³/mol. The Morgan fingerprint density at radius 2 is 1.04 bits per heavy atom. The maximum Gasteiger partial charge on any atom is 0.410 e. The standard InChI is InChI=1S/C21H27ClN4O2.C12H10Cl2N2.C9H18N2O2/c1-14-10-15(2)19(24-12-14)16-11-18(23-13-17(16)22)25-6-8-26(9-7-25)20(27)28-21(3,4)5;1-7-3-8(2)12(16-5-7)9-4-11(14)15-6-10(9)13;1-9(2,3)13-8(12)11-6-4-10-5-7-11/h10-13H,6-9H2,1-5H3;3-6H,1-2H3;10H,4-7H2,1-3H3. The van der Waals surface area contributed by atoms with E-state index in [1.165, 1.54) is 0 Å². The van der Waals surface area contributed by atoms with Crippen molar-refractivity contribution in [1.29, 1.82) is 0 Å². The summed E-state index contributed by atoms with van der Waals surface area (Å²) in [5.74, 6) is 0.838. The summed E-state index contributed by atoms with van der Waals surface area (Å²) >= 11 is 18.4. The number of anilines is 1. The van der Waals surface area contributed by atoms with E-state index in [0.717, 1.165) is 76.8 Å². The van der Waals surface area contributed by atoms with Crippen LogP contribution in [0.1, 0.15) is 63.8 Å². The second-order valence-corrected chi connectivity index (χ2v) is 17.2. The van der Waals surface area contributed by atoms with Crippen molar-refractivity contribution in [2.24, 2.45) is 0 Å². The van der Waals surface area contributed by atoms with Crippen molar-refractivity contribution in [3.05, 3.63) is 86.5 Å². The van der Waals surface area contributed by atoms with Crippen LogP contribution in [0.5, 0.6) is 0 Å². The molecular weight excluding hydrogens is 787 g/mol. The van der Waals surface area contributed by atoms with Gasteiger partial charge in [0.05, 0.1) is 21.4 Å². The van der Waals surface area contributed by atoms with E-state index in [0.29, 0.717) is 41.4 Å². The summed E-state index contributed by atoms with van der Waals surface area (Å²) in [5, 5.41) is 4.74. The lowest BCUT2D eigenvalue weighted by molar-refractivity contribution is 0.0223. The van der Waals surface area contributed by atoms with Crippen molar-refractivity contribution in [3.63, 3.8) is 0 Å². The van der Waals surface area contributed by atoms with Crippen LogP contribution in [0.15, 0.2) is 49.1 Å². The minimum Gasteiger partial charge on any atom is -0.444 e. The van der Waals surface area contributed by atoms with Gasteiger partial charge >= 0.3 is 12.2 Å². The SMILES string of the molecule is CC(C)(C)OC(=O)N1CCNCC1.Cc1cnc(-c2cc(Cl)ncc2Cl)c(C)c1.Cc1cnc(-c2cc(N3CCN(C(=O)OC(C)(C)C)CC3)ncc2Cl)c(C)c1. The Labute approximate surface area is 352 Å². The number of rotatable bonds is 3. The molecule has 4 aromatic rings. The van der Waals surface area contributed by atoms with Gasteiger partial charge in [-0.25, -0.2) is 19.6 Å². The first kappa shape index (κ1) is 45.5. The number of amides is 2. The number of pyridine rings is 4. The fourth-order valence-corrected chi connectivity index (χ4v) is 6.53. The summed E-state index contributed by atoms with van der Waals surface area (Å²) in [5.41, 5.74) is 6.92. The molecule has 0 spiro atoms. The topological polar surface area (TPSA) is 126 Å². The third kappa shape index (κ3) is 14.0. The van der Waals surface area contributed by atoms with E-state index in [4.69, 9.17) is 44.3 Å². The van der Waals surface area contributed by atoms with Crippen LogP contribution >= 0.6 is 34.8 Å². The van der Waals surface area contributed by atoms with Crippen LogP contribution in [-0.4, -0.2) is 105 Å². The van der Waals surface area contributed by atoms with Crippen molar-refractivity contribution in [1.82, 2.24) is 35.1 Å². The molecule has 2 fully saturated rings. The minimum absolute atomic E-state index is 0.200. The van der Waals surface area contributed by atoms with Crippen LogP contribution in [0.4, 0.5) is 15.4 Å². The molecule has 2 aliphatic heterocycles. The number of ether oxygens (including phenoxy) is 2. The Morgan fingerprint density at radius 1 is 0.596 bits per heavy atom. The van der Waals surface area contributed by atoms with Gasteiger partial charge in [-0.3, -0.25) is 9.97 Å². The summed E-state index contributed by atoms with van der Waals surface area (Å²) in [7, 11) is 0. The molecule has 57 heavy (non-hydrogen) atoms. The largest absolute Gasteiger partial charge is 0.444 e. The Hall–Kier alpha value is -4.23. The van der Waals surface area contributed by atoms with Crippen molar-refractivity contribution in [2.75, 3.05) is 57.3 Å². The Morgan fingerprint density at radius 3 is 1.49 bits per heavy atom. The molecule has 12 nitrogen and oxygen atoms in total. The molecule has 308 valence electrons. The minimum atomic E-state index is -0.486. The van der Waals surface area contributed by atoms with Gasteiger partial charge in [0.25, 0.3) is 0 Å². The number of nitrogens with one attached hydrogen (secondary N) is 1. The molecule has 1 N–H and O–H groups in total. The third-order valence-electron chi connectivity index (χ3n) is 8.63. The monoisotopic (exact) mass is 840 g/mol. The number of aryl methyl sites for hydroxylation is 4. The summed E-state index contributed by atoms with van der Waals surface area (Å²) in [6, 6.07) is 7.87. The molecule has 2 aliphatic rings. The number of hydrogen-bond acceptors (Lipinski definition) is 10. The van der Waals surface area contributed by atoms with Gasteiger partial charge in [0, 0.05) is 88.3 Å². The van der Waals surface area contributed by atoms with Crippen molar-refractivity contribution in [2.45, 2.75) is 80.4 Å². The molecule has 6 heterocycles. The van der Waals surface area contributed by atoms with E-state index >= 15 is 0 Å². The average molecular weight is 842 g/mol. The lowest BCUT2D eigenvalue weighted by Gasteiger charge is -2.36. The van der Waals surface area contributed by atoms with E-state index in [9.17, 15) is 9.59 Å². The quantitative estimate of drug-likeness (QED) is 0.200. The zero-order chi connectivity index (χ0) is 42.1. The smallest absolute Gasteiger partial charge is 0.410 e. The Bertz CT molecular complexity index is 2000. The number of halogens is 3. The maximum atomic E-state index is 12.2. The van der Waals surface area contributed by atoms with Gasteiger partial charge in [0.2, 0.25) is 0 Å². The zero-order valence-corrected chi connectivity index (χ0v) is 36.9. The molecule has 0 atom stereocenters. The zero-order valence-electron chi connectivity index (χ0n) is 34.7. The highest BCUT2D eigenvalue weighted by Crippen LogP contribution is 2.32. The van der Waals surface area contributed by atoms with Crippen molar-refractivity contribution < 1.29 is 19.1 Å². The van der Waals surface area contributed by atoms with Crippen LogP contribution < -0.4 is 10.2 Å². The number of hydrogen-bond donors (Lipinski definition) is 1. The summed E-state index contributed by atoms with van der Waals surface area (Å²) < 4.78 is 10.7. The molecule has 4 aromatic heterocycles. The van der Waals surface area contributed by atoms with Crippen LogP contribution in [0.25, 0.3) is 22.5 Å². The summed E-state index contributed by atoms with van der Waals surface area (Å²) in [4.78, 5) is 46.7. The first-order chi connectivity index (χ1) is 26.7. The molecule has 0 bridgehead atoms. The fraction of sp³-hybridized carbons (Fsp3) is 0.476. The highest BCUT2D eigenvalue weighted by atomic mass is 35.5. The van der Waals surface area contributed by atoms with Gasteiger partial charge in [-0.2, -0.15) is 0 Å². The number of aromatic nitrogens is 4. The van der Waals surface area contributed by atoms with Crippen LogP contribution in [-0.2, 0) is 9.47 Å². The average Bonchev–Trinajstić information content (AvgIpc) is 3.13.